The summed E-state index contributed by atoms with van der Waals surface area (Å²) >= 11 is 0. The standard InChI is InChI=1S/C46H40O15/c47-35-33(26-55-45(53)37(35)59-42(50)30-20-10-3-11-21-30)56-46-39(61-44(52)32-24-14-5-15-25-32)38(60-43(51)31-22-12-4-13-23-31)36(58-41(49)29-18-8-2-9-19-29)34(57-46)27-54-40(48)28-16-6-1-7-17-28/h1-25,33-39,45-47,53H,26-27H2/t33-,34-,35+,36+,37-,38+,39-,45-,46-/m1/s1. The smallest absolute Gasteiger partial charge is 0.338 e. The van der Waals surface area contributed by atoms with Gasteiger partial charge in [0.2, 0.25) is 0 Å². The molecule has 0 aromatic heterocycles. The zero-order valence-corrected chi connectivity index (χ0v) is 32.2. The Hall–Kier alpha value is -6.75. The Morgan fingerprint density at radius 3 is 1.26 bits per heavy atom. The molecule has 2 fully saturated rings. The molecule has 7 rings (SSSR count). The summed E-state index contributed by atoms with van der Waals surface area (Å²) in [6.07, 6.45) is -15.2. The van der Waals surface area contributed by atoms with Gasteiger partial charge in [0, 0.05) is 0 Å². The molecule has 0 aliphatic carbocycles. The molecule has 61 heavy (non-hydrogen) atoms. The van der Waals surface area contributed by atoms with Crippen molar-refractivity contribution < 1.29 is 72.1 Å². The van der Waals surface area contributed by atoms with Crippen molar-refractivity contribution in [2.24, 2.45) is 0 Å². The van der Waals surface area contributed by atoms with Gasteiger partial charge in [0.05, 0.1) is 34.4 Å². The lowest BCUT2D eigenvalue weighted by Crippen LogP contribution is -2.65. The van der Waals surface area contributed by atoms with Crippen LogP contribution in [0.2, 0.25) is 0 Å². The number of aliphatic hydroxyl groups excluding tert-OH is 2. The molecule has 0 unspecified atom stereocenters. The average Bonchev–Trinajstić information content (AvgIpc) is 3.30. The minimum absolute atomic E-state index is 0.0724. The third kappa shape index (κ3) is 10.5. The predicted molar refractivity (Wildman–Crippen MR) is 211 cm³/mol. The Kier molecular flexibility index (Phi) is 13.9. The maximum atomic E-state index is 13.9. The topological polar surface area (TPSA) is 200 Å². The van der Waals surface area contributed by atoms with Crippen LogP contribution in [-0.4, -0.2) is 109 Å². The summed E-state index contributed by atoms with van der Waals surface area (Å²) < 4.78 is 47.4. The number of aliphatic hydroxyl groups is 2. The molecule has 2 heterocycles. The van der Waals surface area contributed by atoms with Gasteiger partial charge in [-0.3, -0.25) is 0 Å². The van der Waals surface area contributed by atoms with E-state index in [-0.39, 0.29) is 27.8 Å². The van der Waals surface area contributed by atoms with E-state index in [1.807, 2.05) is 0 Å². The summed E-state index contributed by atoms with van der Waals surface area (Å²) in [6, 6.07) is 39.3. The van der Waals surface area contributed by atoms with Crippen molar-refractivity contribution in [3.05, 3.63) is 179 Å². The normalized spacial score (nSPS) is 24.7. The van der Waals surface area contributed by atoms with Gasteiger partial charge < -0.3 is 48.1 Å². The summed E-state index contributed by atoms with van der Waals surface area (Å²) in [5, 5.41) is 22.3. The molecule has 2 aliphatic rings. The number of rotatable bonds is 13. The van der Waals surface area contributed by atoms with Crippen molar-refractivity contribution in [1.82, 2.24) is 0 Å². The average molecular weight is 833 g/mol. The van der Waals surface area contributed by atoms with Crippen molar-refractivity contribution in [3.63, 3.8) is 0 Å². The lowest BCUT2D eigenvalue weighted by molar-refractivity contribution is -0.337. The summed E-state index contributed by atoms with van der Waals surface area (Å²) in [6.45, 7) is -1.13. The number of carbonyl (C=O) groups excluding carboxylic acids is 5. The van der Waals surface area contributed by atoms with Crippen LogP contribution in [0.15, 0.2) is 152 Å². The molecule has 0 saturated carbocycles. The van der Waals surface area contributed by atoms with Crippen LogP contribution in [0, 0.1) is 0 Å². The van der Waals surface area contributed by atoms with Gasteiger partial charge in [-0.15, -0.1) is 0 Å². The van der Waals surface area contributed by atoms with Crippen molar-refractivity contribution in [2.75, 3.05) is 13.2 Å². The first-order chi connectivity index (χ1) is 29.7. The lowest BCUT2D eigenvalue weighted by atomic mass is 9.97. The molecule has 0 spiro atoms. The van der Waals surface area contributed by atoms with E-state index in [2.05, 4.69) is 0 Å². The first-order valence-electron chi connectivity index (χ1n) is 19.2. The quantitative estimate of drug-likeness (QED) is 0.123. The highest BCUT2D eigenvalue weighted by atomic mass is 16.8. The van der Waals surface area contributed by atoms with Gasteiger partial charge in [0.25, 0.3) is 0 Å². The Bertz CT molecular complexity index is 2240. The van der Waals surface area contributed by atoms with Gasteiger partial charge in [-0.2, -0.15) is 0 Å². The van der Waals surface area contributed by atoms with Gasteiger partial charge >= 0.3 is 29.8 Å². The van der Waals surface area contributed by atoms with Gasteiger partial charge in [-0.25, -0.2) is 24.0 Å². The van der Waals surface area contributed by atoms with E-state index in [0.717, 1.165) is 0 Å². The number of ether oxygens (including phenoxy) is 8. The predicted octanol–water partition coefficient (Wildman–Crippen LogP) is 4.57. The Morgan fingerprint density at radius 2 is 0.836 bits per heavy atom. The fourth-order valence-corrected chi connectivity index (χ4v) is 6.59. The molecule has 314 valence electrons. The van der Waals surface area contributed by atoms with Crippen LogP contribution >= 0.6 is 0 Å². The van der Waals surface area contributed by atoms with E-state index in [1.54, 1.807) is 91.0 Å². The van der Waals surface area contributed by atoms with E-state index in [9.17, 15) is 34.2 Å². The van der Waals surface area contributed by atoms with Crippen molar-refractivity contribution in [2.45, 2.75) is 55.3 Å². The second-order valence-corrected chi connectivity index (χ2v) is 13.8. The van der Waals surface area contributed by atoms with Gasteiger partial charge in [0.1, 0.15) is 24.9 Å². The molecule has 0 radical (unpaired) electrons. The molecule has 0 amide bonds. The summed E-state index contributed by atoms with van der Waals surface area (Å²) in [7, 11) is 0. The summed E-state index contributed by atoms with van der Waals surface area (Å²) in [4.78, 5) is 67.8. The second kappa shape index (κ2) is 20.0. The third-order valence-corrected chi connectivity index (χ3v) is 9.73. The molecule has 2 saturated heterocycles. The highest BCUT2D eigenvalue weighted by molar-refractivity contribution is 5.92. The third-order valence-electron chi connectivity index (χ3n) is 9.73. The van der Waals surface area contributed by atoms with Crippen LogP contribution in [0.3, 0.4) is 0 Å². The molecule has 15 nitrogen and oxygen atoms in total. The summed E-state index contributed by atoms with van der Waals surface area (Å²) in [5.41, 5.74) is 0.559. The van der Waals surface area contributed by atoms with Crippen molar-refractivity contribution >= 4 is 29.8 Å². The number of hydrogen-bond donors (Lipinski definition) is 2. The van der Waals surface area contributed by atoms with Crippen LogP contribution in [0.4, 0.5) is 0 Å². The van der Waals surface area contributed by atoms with Crippen molar-refractivity contribution in [1.29, 1.82) is 0 Å². The Labute approximate surface area is 349 Å². The molecule has 15 heteroatoms. The molecule has 0 bridgehead atoms. The largest absolute Gasteiger partial charge is 0.459 e. The Balaban J connectivity index is 1.26. The van der Waals surface area contributed by atoms with E-state index in [4.69, 9.17) is 37.9 Å². The van der Waals surface area contributed by atoms with E-state index < -0.39 is 98.4 Å². The number of carbonyl (C=O) groups is 5. The van der Waals surface area contributed by atoms with Gasteiger partial charge in [-0.05, 0) is 60.7 Å². The second-order valence-electron chi connectivity index (χ2n) is 13.8. The molecule has 2 N–H and O–H groups in total. The number of benzene rings is 5. The van der Waals surface area contributed by atoms with Crippen LogP contribution in [-0.2, 0) is 37.9 Å². The van der Waals surface area contributed by atoms with E-state index in [0.29, 0.717) is 0 Å². The van der Waals surface area contributed by atoms with Gasteiger partial charge in [-0.1, -0.05) is 91.0 Å². The van der Waals surface area contributed by atoms with Crippen LogP contribution < -0.4 is 0 Å². The first kappa shape index (κ1) is 42.4. The van der Waals surface area contributed by atoms with Crippen molar-refractivity contribution in [3.8, 4) is 0 Å². The van der Waals surface area contributed by atoms with E-state index in [1.165, 1.54) is 60.7 Å². The molecule has 2 aliphatic heterocycles. The van der Waals surface area contributed by atoms with E-state index >= 15 is 0 Å². The Morgan fingerprint density at radius 1 is 0.475 bits per heavy atom. The zero-order chi connectivity index (χ0) is 42.7. The van der Waals surface area contributed by atoms with Gasteiger partial charge in [0.15, 0.2) is 37.0 Å². The molecular formula is C46H40O15. The number of esters is 5. The summed E-state index contributed by atoms with van der Waals surface area (Å²) in [5.74, 6) is -4.41. The van der Waals surface area contributed by atoms with Crippen LogP contribution in [0.1, 0.15) is 51.8 Å². The highest BCUT2D eigenvalue weighted by Crippen LogP contribution is 2.34. The molecule has 5 aromatic carbocycles. The SMILES string of the molecule is O=C(OC[C@H]1O[C@@H](O[C@@H]2CO[C@@H](O)[C@H](OC(=O)c3ccccc3)[C@H]2O)[C@H](OC(=O)c2ccccc2)[C@@H](OC(=O)c2ccccc2)[C@H]1OC(=O)c1ccccc1)c1ccccc1. The fourth-order valence-electron chi connectivity index (χ4n) is 6.59. The minimum Gasteiger partial charge on any atom is -0.459 e. The molecular weight excluding hydrogens is 792 g/mol. The minimum atomic E-state index is -1.81. The molecule has 5 aromatic rings. The lowest BCUT2D eigenvalue weighted by Gasteiger charge is -2.46. The van der Waals surface area contributed by atoms with Crippen LogP contribution in [0.25, 0.3) is 0 Å². The van der Waals surface area contributed by atoms with Crippen LogP contribution in [0.5, 0.6) is 0 Å². The highest BCUT2D eigenvalue weighted by Gasteiger charge is 2.55. The molecule has 9 atom stereocenters. The fraction of sp³-hybridized carbons (Fsp3) is 0.239. The maximum Gasteiger partial charge on any atom is 0.338 e. The maximum absolute atomic E-state index is 13.9. The first-order valence-corrected chi connectivity index (χ1v) is 19.2. The number of hydrogen-bond acceptors (Lipinski definition) is 15. The monoisotopic (exact) mass is 832 g/mol. The zero-order valence-electron chi connectivity index (χ0n) is 32.2.